The summed E-state index contributed by atoms with van der Waals surface area (Å²) < 4.78 is 0. The van der Waals surface area contributed by atoms with Crippen molar-refractivity contribution in [2.24, 2.45) is 5.92 Å². The van der Waals surface area contributed by atoms with Crippen molar-refractivity contribution in [3.8, 4) is 6.07 Å². The summed E-state index contributed by atoms with van der Waals surface area (Å²) in [5.74, 6) is 0.228. The van der Waals surface area contributed by atoms with E-state index in [0.29, 0.717) is 23.7 Å². The van der Waals surface area contributed by atoms with Crippen molar-refractivity contribution in [1.82, 2.24) is 4.90 Å². The Bertz CT molecular complexity index is 478. The van der Waals surface area contributed by atoms with E-state index >= 15 is 0 Å². The average Bonchev–Trinajstić information content (AvgIpc) is 2.87. The number of carbonyl (C=O) groups is 1. The van der Waals surface area contributed by atoms with E-state index in [9.17, 15) is 4.79 Å². The minimum atomic E-state index is -0.0664. The highest BCUT2D eigenvalue weighted by Gasteiger charge is 2.23. The predicted molar refractivity (Wildman–Crippen MR) is 71.4 cm³/mol. The first kappa shape index (κ1) is 13.5. The number of aliphatic hydroxyl groups excluding tert-OH is 1. The van der Waals surface area contributed by atoms with Crippen molar-refractivity contribution in [3.05, 3.63) is 29.8 Å². The lowest BCUT2D eigenvalue weighted by molar-refractivity contribution is -0.117. The zero-order valence-electron chi connectivity index (χ0n) is 10.7. The number of nitriles is 1. The van der Waals surface area contributed by atoms with Crippen molar-refractivity contribution in [2.45, 2.75) is 6.42 Å². The molecule has 100 valence electrons. The van der Waals surface area contributed by atoms with E-state index in [4.69, 9.17) is 10.4 Å². The number of nitrogens with zero attached hydrogens (tertiary/aromatic N) is 2. The fourth-order valence-electron chi connectivity index (χ4n) is 2.24. The maximum Gasteiger partial charge on any atom is 0.238 e. The number of hydrogen-bond acceptors (Lipinski definition) is 4. The summed E-state index contributed by atoms with van der Waals surface area (Å²) in [6.07, 6.45) is 0.945. The van der Waals surface area contributed by atoms with Crippen molar-refractivity contribution in [2.75, 3.05) is 31.6 Å². The van der Waals surface area contributed by atoms with E-state index in [1.807, 2.05) is 11.0 Å². The number of benzene rings is 1. The van der Waals surface area contributed by atoms with Crippen LogP contribution in [0, 0.1) is 17.2 Å². The summed E-state index contributed by atoms with van der Waals surface area (Å²) in [6.45, 7) is 2.16. The first-order valence-corrected chi connectivity index (χ1v) is 6.34. The van der Waals surface area contributed by atoms with Crippen LogP contribution in [0.5, 0.6) is 0 Å². The lowest BCUT2D eigenvalue weighted by Crippen LogP contribution is -2.31. The number of amides is 1. The second-order valence-electron chi connectivity index (χ2n) is 4.81. The molecule has 0 spiro atoms. The molecule has 1 heterocycles. The Hall–Kier alpha value is -1.90. The van der Waals surface area contributed by atoms with Crippen LogP contribution >= 0.6 is 0 Å². The van der Waals surface area contributed by atoms with Crippen LogP contribution in [0.4, 0.5) is 5.69 Å². The molecular weight excluding hydrogens is 242 g/mol. The van der Waals surface area contributed by atoms with Gasteiger partial charge in [-0.3, -0.25) is 9.69 Å². The van der Waals surface area contributed by atoms with Gasteiger partial charge in [-0.05, 0) is 43.1 Å². The molecule has 0 saturated carbocycles. The highest BCUT2D eigenvalue weighted by atomic mass is 16.3. The van der Waals surface area contributed by atoms with Gasteiger partial charge in [0.05, 0.1) is 18.2 Å². The van der Waals surface area contributed by atoms with Crippen LogP contribution in [-0.2, 0) is 4.79 Å². The normalized spacial score (nSPS) is 19.1. The van der Waals surface area contributed by atoms with Crippen LogP contribution in [0.15, 0.2) is 24.3 Å². The summed E-state index contributed by atoms with van der Waals surface area (Å²) >= 11 is 0. The topological polar surface area (TPSA) is 76.4 Å². The molecule has 2 rings (SSSR count). The quantitative estimate of drug-likeness (QED) is 0.839. The molecule has 1 aromatic rings. The van der Waals surface area contributed by atoms with Gasteiger partial charge in [0.15, 0.2) is 0 Å². The highest BCUT2D eigenvalue weighted by Crippen LogP contribution is 2.15. The average molecular weight is 259 g/mol. The summed E-state index contributed by atoms with van der Waals surface area (Å²) in [5.41, 5.74) is 1.27. The molecule has 2 N–H and O–H groups in total. The maximum absolute atomic E-state index is 11.8. The number of hydrogen-bond donors (Lipinski definition) is 2. The first-order valence-electron chi connectivity index (χ1n) is 6.34. The summed E-state index contributed by atoms with van der Waals surface area (Å²) in [5, 5.41) is 20.5. The monoisotopic (exact) mass is 259 g/mol. The van der Waals surface area contributed by atoms with Crippen LogP contribution in [0.25, 0.3) is 0 Å². The fraction of sp³-hybridized carbons (Fsp3) is 0.429. The molecular formula is C14H17N3O2. The molecule has 1 aromatic carbocycles. The molecule has 1 atom stereocenters. The Morgan fingerprint density at radius 2 is 2.21 bits per heavy atom. The van der Waals surface area contributed by atoms with Gasteiger partial charge >= 0.3 is 0 Å². The van der Waals surface area contributed by atoms with Gasteiger partial charge in [0.25, 0.3) is 0 Å². The molecule has 1 unspecified atom stereocenters. The SMILES string of the molecule is N#Cc1ccc(NC(=O)CN2CCC(CO)C2)cc1. The minimum absolute atomic E-state index is 0.0664. The second kappa shape index (κ2) is 6.32. The van der Waals surface area contributed by atoms with Gasteiger partial charge < -0.3 is 10.4 Å². The highest BCUT2D eigenvalue weighted by molar-refractivity contribution is 5.92. The number of aliphatic hydroxyl groups is 1. The molecule has 0 aromatic heterocycles. The van der Waals surface area contributed by atoms with Gasteiger partial charge in [0, 0.05) is 18.8 Å². The third kappa shape index (κ3) is 3.78. The van der Waals surface area contributed by atoms with E-state index < -0.39 is 0 Å². The first-order chi connectivity index (χ1) is 9.21. The summed E-state index contributed by atoms with van der Waals surface area (Å²) in [4.78, 5) is 13.9. The lowest BCUT2D eigenvalue weighted by atomic mass is 10.1. The van der Waals surface area contributed by atoms with E-state index in [1.165, 1.54) is 0 Å². The Kier molecular flexibility index (Phi) is 4.50. The molecule has 1 aliphatic rings. The smallest absolute Gasteiger partial charge is 0.238 e. The van der Waals surface area contributed by atoms with Crippen molar-refractivity contribution >= 4 is 11.6 Å². The van der Waals surface area contributed by atoms with Crippen LogP contribution in [0.3, 0.4) is 0 Å². The van der Waals surface area contributed by atoms with Crippen molar-refractivity contribution < 1.29 is 9.90 Å². The molecule has 1 saturated heterocycles. The minimum Gasteiger partial charge on any atom is -0.396 e. The van der Waals surface area contributed by atoms with E-state index in [2.05, 4.69) is 5.32 Å². The molecule has 5 heteroatoms. The Morgan fingerprint density at radius 1 is 1.47 bits per heavy atom. The molecule has 19 heavy (non-hydrogen) atoms. The Labute approximate surface area is 112 Å². The number of rotatable bonds is 4. The molecule has 5 nitrogen and oxygen atoms in total. The van der Waals surface area contributed by atoms with E-state index in [-0.39, 0.29) is 12.5 Å². The molecule has 1 amide bonds. The number of nitrogens with one attached hydrogen (secondary N) is 1. The second-order valence-corrected chi connectivity index (χ2v) is 4.81. The van der Waals surface area contributed by atoms with Gasteiger partial charge in [-0.15, -0.1) is 0 Å². The number of anilines is 1. The molecule has 0 bridgehead atoms. The zero-order chi connectivity index (χ0) is 13.7. The van der Waals surface area contributed by atoms with E-state index in [1.54, 1.807) is 24.3 Å². The van der Waals surface area contributed by atoms with Crippen LogP contribution in [0.2, 0.25) is 0 Å². The van der Waals surface area contributed by atoms with Crippen LogP contribution in [0.1, 0.15) is 12.0 Å². The third-order valence-corrected chi connectivity index (χ3v) is 3.29. The third-order valence-electron chi connectivity index (χ3n) is 3.29. The molecule has 0 aliphatic carbocycles. The zero-order valence-corrected chi connectivity index (χ0v) is 10.7. The van der Waals surface area contributed by atoms with E-state index in [0.717, 1.165) is 19.5 Å². The Balaban J connectivity index is 1.82. The maximum atomic E-state index is 11.8. The van der Waals surface area contributed by atoms with Crippen LogP contribution in [-0.4, -0.2) is 42.2 Å². The van der Waals surface area contributed by atoms with Crippen LogP contribution < -0.4 is 5.32 Å². The van der Waals surface area contributed by atoms with Gasteiger partial charge in [-0.1, -0.05) is 0 Å². The van der Waals surface area contributed by atoms with Gasteiger partial charge in [0.1, 0.15) is 0 Å². The summed E-state index contributed by atoms with van der Waals surface area (Å²) in [7, 11) is 0. The largest absolute Gasteiger partial charge is 0.396 e. The summed E-state index contributed by atoms with van der Waals surface area (Å²) in [6, 6.07) is 8.82. The molecule has 0 radical (unpaired) electrons. The predicted octanol–water partition coefficient (Wildman–Crippen LogP) is 0.811. The lowest BCUT2D eigenvalue weighted by Gasteiger charge is -2.15. The van der Waals surface area contributed by atoms with Crippen molar-refractivity contribution in [3.63, 3.8) is 0 Å². The fourth-order valence-corrected chi connectivity index (χ4v) is 2.24. The Morgan fingerprint density at radius 3 is 2.79 bits per heavy atom. The number of carbonyl (C=O) groups excluding carboxylic acids is 1. The van der Waals surface area contributed by atoms with Gasteiger partial charge in [-0.25, -0.2) is 0 Å². The molecule has 1 fully saturated rings. The number of likely N-dealkylation sites (tertiary alicyclic amines) is 1. The van der Waals surface area contributed by atoms with Gasteiger partial charge in [0.2, 0.25) is 5.91 Å². The van der Waals surface area contributed by atoms with Crippen molar-refractivity contribution in [1.29, 1.82) is 5.26 Å². The standard InChI is InChI=1S/C14H17N3O2/c15-7-11-1-3-13(4-2-11)16-14(19)9-17-6-5-12(8-17)10-18/h1-4,12,18H,5-6,8-10H2,(H,16,19). The van der Waals surface area contributed by atoms with Gasteiger partial charge in [-0.2, -0.15) is 5.26 Å². The molecule has 1 aliphatic heterocycles.